The minimum atomic E-state index is -0.374. The molecular weight excluding hydrogens is 346 g/mol. The first-order valence-corrected chi connectivity index (χ1v) is 8.99. The van der Waals surface area contributed by atoms with Crippen LogP contribution < -0.4 is 5.32 Å². The number of urea groups is 1. The number of nitrogens with one attached hydrogen (secondary N) is 2. The molecule has 0 spiro atoms. The van der Waals surface area contributed by atoms with E-state index in [0.717, 1.165) is 24.1 Å². The van der Waals surface area contributed by atoms with Gasteiger partial charge in [-0.3, -0.25) is 10.1 Å². The maximum absolute atomic E-state index is 12.5. The fraction of sp³-hybridized carbons (Fsp3) is 0.389. The Kier molecular flexibility index (Phi) is 4.82. The van der Waals surface area contributed by atoms with Crippen molar-refractivity contribution in [2.75, 3.05) is 13.1 Å². The molecule has 1 saturated heterocycles. The molecule has 4 heterocycles. The number of carbonyl (C=O) groups is 1. The first-order valence-electron chi connectivity index (χ1n) is 8.99. The van der Waals surface area contributed by atoms with Gasteiger partial charge in [-0.05, 0) is 38.0 Å². The molecule has 0 saturated carbocycles. The van der Waals surface area contributed by atoms with E-state index in [1.165, 1.54) is 0 Å². The second kappa shape index (κ2) is 7.56. The predicted octanol–water partition coefficient (Wildman–Crippen LogP) is 2.50. The Morgan fingerprint density at radius 1 is 1.33 bits per heavy atom. The molecule has 9 heteroatoms. The third-order valence-electron chi connectivity index (χ3n) is 4.82. The van der Waals surface area contributed by atoms with Gasteiger partial charge in [0.1, 0.15) is 6.04 Å². The topological polar surface area (TPSA) is 113 Å². The summed E-state index contributed by atoms with van der Waals surface area (Å²) in [5, 5.41) is 13.9. The Morgan fingerprint density at radius 3 is 2.89 bits per heavy atom. The lowest BCUT2D eigenvalue weighted by molar-refractivity contribution is 0.175. The molecule has 1 fully saturated rings. The summed E-state index contributed by atoms with van der Waals surface area (Å²) in [6.45, 7) is 3.23. The minimum absolute atomic E-state index is 0.119. The van der Waals surface area contributed by atoms with Gasteiger partial charge < -0.3 is 14.7 Å². The molecule has 1 aliphatic rings. The summed E-state index contributed by atoms with van der Waals surface area (Å²) in [5.74, 6) is 1.25. The van der Waals surface area contributed by atoms with E-state index in [1.807, 2.05) is 30.0 Å². The van der Waals surface area contributed by atoms with Gasteiger partial charge >= 0.3 is 6.03 Å². The summed E-state index contributed by atoms with van der Waals surface area (Å²) in [7, 11) is 0. The maximum Gasteiger partial charge on any atom is 0.318 e. The largest absolute Gasteiger partial charge is 0.337 e. The molecule has 3 aromatic rings. The zero-order valence-electron chi connectivity index (χ0n) is 15.0. The van der Waals surface area contributed by atoms with Crippen LogP contribution in [0.5, 0.6) is 0 Å². The van der Waals surface area contributed by atoms with E-state index in [1.54, 1.807) is 18.6 Å². The van der Waals surface area contributed by atoms with Crippen LogP contribution in [0.1, 0.15) is 43.3 Å². The lowest BCUT2D eigenvalue weighted by Crippen LogP contribution is -2.44. The number of aromatic amines is 1. The number of hydrogen-bond donors (Lipinski definition) is 2. The molecule has 2 N–H and O–H groups in total. The Balaban J connectivity index is 1.33. The van der Waals surface area contributed by atoms with Gasteiger partial charge in [-0.15, -0.1) is 0 Å². The van der Waals surface area contributed by atoms with Crippen molar-refractivity contribution in [2.45, 2.75) is 31.7 Å². The van der Waals surface area contributed by atoms with Crippen molar-refractivity contribution in [3.63, 3.8) is 0 Å². The van der Waals surface area contributed by atoms with Crippen molar-refractivity contribution in [1.82, 2.24) is 35.5 Å². The summed E-state index contributed by atoms with van der Waals surface area (Å²) in [6.07, 6.45) is 6.94. The van der Waals surface area contributed by atoms with Gasteiger partial charge in [0.05, 0.1) is 0 Å². The number of carbonyl (C=O) groups excluding carboxylic acids is 1. The minimum Gasteiger partial charge on any atom is -0.337 e. The van der Waals surface area contributed by atoms with Gasteiger partial charge in [0.2, 0.25) is 11.7 Å². The molecule has 0 unspecified atom stereocenters. The van der Waals surface area contributed by atoms with Crippen molar-refractivity contribution in [3.05, 3.63) is 48.4 Å². The van der Waals surface area contributed by atoms with Gasteiger partial charge in [-0.1, -0.05) is 5.16 Å². The van der Waals surface area contributed by atoms with E-state index >= 15 is 0 Å². The monoisotopic (exact) mass is 367 g/mol. The first kappa shape index (κ1) is 17.2. The molecule has 0 radical (unpaired) electrons. The molecule has 4 rings (SSSR count). The van der Waals surface area contributed by atoms with Crippen LogP contribution in [-0.2, 0) is 0 Å². The summed E-state index contributed by atoms with van der Waals surface area (Å²) in [4.78, 5) is 22.8. The number of H-pyrrole nitrogens is 1. The lowest BCUT2D eigenvalue weighted by atomic mass is 9.94. The Hall–Kier alpha value is -3.23. The highest BCUT2D eigenvalue weighted by molar-refractivity contribution is 5.74. The van der Waals surface area contributed by atoms with Crippen LogP contribution >= 0.6 is 0 Å². The summed E-state index contributed by atoms with van der Waals surface area (Å²) >= 11 is 0. The number of amides is 2. The SMILES string of the molecule is C[C@@H](NC(=O)N1CCC(c2ccn[nH]2)CC1)c1nc(-c2cccnc2)no1. The van der Waals surface area contributed by atoms with Gasteiger partial charge in [-0.25, -0.2) is 4.79 Å². The highest BCUT2D eigenvalue weighted by atomic mass is 16.5. The molecule has 1 aliphatic heterocycles. The van der Waals surface area contributed by atoms with Crippen molar-refractivity contribution >= 4 is 6.03 Å². The van der Waals surface area contributed by atoms with Gasteiger partial charge in [-0.2, -0.15) is 10.1 Å². The van der Waals surface area contributed by atoms with E-state index < -0.39 is 0 Å². The van der Waals surface area contributed by atoms with Gasteiger partial charge in [0.25, 0.3) is 0 Å². The number of hydrogen-bond acceptors (Lipinski definition) is 6. The standard InChI is InChI=1S/C18H21N7O2/c1-12(17-22-16(24-27-17)14-3-2-7-19-11-14)21-18(26)25-9-5-13(6-10-25)15-4-8-20-23-15/h2-4,7-8,11-13H,5-6,9-10H2,1H3,(H,20,23)(H,21,26)/t12-/m1/s1. The van der Waals surface area contributed by atoms with Crippen LogP contribution in [0.15, 0.2) is 41.3 Å². The third kappa shape index (κ3) is 3.81. The maximum atomic E-state index is 12.5. The first-order chi connectivity index (χ1) is 13.2. The quantitative estimate of drug-likeness (QED) is 0.732. The van der Waals surface area contributed by atoms with E-state index in [9.17, 15) is 4.79 Å². The van der Waals surface area contributed by atoms with Crippen LogP contribution in [0.4, 0.5) is 4.79 Å². The van der Waals surface area contributed by atoms with Crippen LogP contribution in [0.3, 0.4) is 0 Å². The second-order valence-corrected chi connectivity index (χ2v) is 6.64. The van der Waals surface area contributed by atoms with E-state index in [-0.39, 0.29) is 12.1 Å². The molecule has 2 amide bonds. The highest BCUT2D eigenvalue weighted by Crippen LogP contribution is 2.26. The van der Waals surface area contributed by atoms with E-state index in [0.29, 0.717) is 30.7 Å². The van der Waals surface area contributed by atoms with Crippen molar-refractivity contribution < 1.29 is 9.32 Å². The third-order valence-corrected chi connectivity index (χ3v) is 4.82. The zero-order chi connectivity index (χ0) is 18.6. The van der Waals surface area contributed by atoms with Crippen LogP contribution in [0.2, 0.25) is 0 Å². The summed E-state index contributed by atoms with van der Waals surface area (Å²) in [6, 6.07) is 5.17. The number of likely N-dealkylation sites (tertiary alicyclic amines) is 1. The number of rotatable bonds is 4. The number of nitrogens with zero attached hydrogens (tertiary/aromatic N) is 5. The Morgan fingerprint density at radius 2 is 2.19 bits per heavy atom. The van der Waals surface area contributed by atoms with Crippen LogP contribution in [0, 0.1) is 0 Å². The number of aromatic nitrogens is 5. The smallest absolute Gasteiger partial charge is 0.318 e. The normalized spacial score (nSPS) is 16.3. The van der Waals surface area contributed by atoms with Crippen LogP contribution in [-0.4, -0.2) is 49.3 Å². The fourth-order valence-electron chi connectivity index (χ4n) is 3.25. The van der Waals surface area contributed by atoms with E-state index in [4.69, 9.17) is 4.52 Å². The zero-order valence-corrected chi connectivity index (χ0v) is 15.0. The fourth-order valence-corrected chi connectivity index (χ4v) is 3.25. The Bertz CT molecular complexity index is 870. The van der Waals surface area contributed by atoms with Crippen molar-refractivity contribution in [3.8, 4) is 11.4 Å². The molecule has 1 atom stereocenters. The summed E-state index contributed by atoms with van der Waals surface area (Å²) in [5.41, 5.74) is 1.91. The number of piperidine rings is 1. The molecular formula is C18H21N7O2. The van der Waals surface area contributed by atoms with Crippen molar-refractivity contribution in [1.29, 1.82) is 0 Å². The number of pyridine rings is 1. The summed E-state index contributed by atoms with van der Waals surface area (Å²) < 4.78 is 5.30. The second-order valence-electron chi connectivity index (χ2n) is 6.64. The molecule has 27 heavy (non-hydrogen) atoms. The van der Waals surface area contributed by atoms with E-state index in [2.05, 4.69) is 30.6 Å². The lowest BCUT2D eigenvalue weighted by Gasteiger charge is -2.32. The molecule has 0 aromatic carbocycles. The Labute approximate surface area is 156 Å². The molecule has 140 valence electrons. The molecule has 0 bridgehead atoms. The van der Waals surface area contributed by atoms with Gasteiger partial charge in [0, 0.05) is 48.9 Å². The van der Waals surface area contributed by atoms with Gasteiger partial charge in [0.15, 0.2) is 0 Å². The average Bonchev–Trinajstić information content (AvgIpc) is 3.41. The van der Waals surface area contributed by atoms with Crippen molar-refractivity contribution in [2.24, 2.45) is 0 Å². The molecule has 3 aromatic heterocycles. The molecule has 0 aliphatic carbocycles. The van der Waals surface area contributed by atoms with Crippen LogP contribution in [0.25, 0.3) is 11.4 Å². The highest BCUT2D eigenvalue weighted by Gasteiger charge is 2.26. The molecule has 9 nitrogen and oxygen atoms in total. The average molecular weight is 367 g/mol. The predicted molar refractivity (Wildman–Crippen MR) is 96.6 cm³/mol.